The molecule has 1 saturated heterocycles. The third-order valence-corrected chi connectivity index (χ3v) is 3.55. The van der Waals surface area contributed by atoms with Crippen LogP contribution in [0.1, 0.15) is 12.0 Å². The van der Waals surface area contributed by atoms with E-state index in [4.69, 9.17) is 9.84 Å². The lowest BCUT2D eigenvalue weighted by molar-refractivity contribution is -0.127. The van der Waals surface area contributed by atoms with Gasteiger partial charge in [-0.3, -0.25) is 9.59 Å². The van der Waals surface area contributed by atoms with Gasteiger partial charge in [0, 0.05) is 19.5 Å². The molecule has 1 heterocycles. The molecule has 0 spiro atoms. The van der Waals surface area contributed by atoms with Crippen LogP contribution >= 0.6 is 0 Å². The van der Waals surface area contributed by atoms with Crippen LogP contribution in [0, 0.1) is 0 Å². The average Bonchev–Trinajstić information content (AvgIpc) is 2.85. The monoisotopic (exact) mass is 292 g/mol. The molecule has 0 aliphatic carbocycles. The van der Waals surface area contributed by atoms with Crippen LogP contribution in [0.3, 0.4) is 0 Å². The highest BCUT2D eigenvalue weighted by Gasteiger charge is 2.29. The molecule has 0 saturated carbocycles. The summed E-state index contributed by atoms with van der Waals surface area (Å²) in [6.45, 7) is 0.577. The quantitative estimate of drug-likeness (QED) is 0.770. The molecule has 1 aromatic rings. The van der Waals surface area contributed by atoms with Crippen molar-refractivity contribution in [2.24, 2.45) is 0 Å². The molecule has 1 fully saturated rings. The molecule has 2 amide bonds. The van der Waals surface area contributed by atoms with E-state index in [9.17, 15) is 9.59 Å². The SMILES string of the molecule is COc1ccc(CCN2CC(NC(=O)CO)CC2=O)cc1. The lowest BCUT2D eigenvalue weighted by atomic mass is 10.1. The van der Waals surface area contributed by atoms with Crippen molar-refractivity contribution < 1.29 is 19.4 Å². The van der Waals surface area contributed by atoms with Gasteiger partial charge in [0.1, 0.15) is 12.4 Å². The summed E-state index contributed by atoms with van der Waals surface area (Å²) in [4.78, 5) is 24.7. The first kappa shape index (κ1) is 15.3. The molecule has 1 aliphatic heterocycles. The largest absolute Gasteiger partial charge is 0.497 e. The molecule has 2 rings (SSSR count). The second kappa shape index (κ2) is 7.08. The minimum atomic E-state index is -0.545. The summed E-state index contributed by atoms with van der Waals surface area (Å²) in [6.07, 6.45) is 1.06. The Bertz CT molecular complexity index is 501. The zero-order valence-corrected chi connectivity index (χ0v) is 12.0. The van der Waals surface area contributed by atoms with Gasteiger partial charge in [-0.05, 0) is 24.1 Å². The van der Waals surface area contributed by atoms with Crippen molar-refractivity contribution in [2.45, 2.75) is 18.9 Å². The highest BCUT2D eigenvalue weighted by molar-refractivity contribution is 5.82. The van der Waals surface area contributed by atoms with E-state index in [2.05, 4.69) is 5.32 Å². The van der Waals surface area contributed by atoms with E-state index in [0.717, 1.165) is 17.7 Å². The maximum atomic E-state index is 11.9. The summed E-state index contributed by atoms with van der Waals surface area (Å²) >= 11 is 0. The Hall–Kier alpha value is -2.08. The number of methoxy groups -OCH3 is 1. The van der Waals surface area contributed by atoms with Crippen molar-refractivity contribution in [1.82, 2.24) is 10.2 Å². The van der Waals surface area contributed by atoms with E-state index >= 15 is 0 Å². The van der Waals surface area contributed by atoms with Crippen molar-refractivity contribution in [2.75, 3.05) is 26.8 Å². The Kier molecular flexibility index (Phi) is 5.16. The van der Waals surface area contributed by atoms with E-state index in [1.807, 2.05) is 24.3 Å². The summed E-state index contributed by atoms with van der Waals surface area (Å²) in [7, 11) is 1.62. The van der Waals surface area contributed by atoms with Crippen LogP contribution in [0.5, 0.6) is 5.75 Å². The van der Waals surface area contributed by atoms with E-state index in [1.54, 1.807) is 12.0 Å². The fourth-order valence-electron chi connectivity index (χ4n) is 2.41. The summed E-state index contributed by atoms with van der Waals surface area (Å²) in [5, 5.41) is 11.3. The van der Waals surface area contributed by atoms with Gasteiger partial charge < -0.3 is 20.1 Å². The third kappa shape index (κ3) is 4.19. The second-order valence-electron chi connectivity index (χ2n) is 5.06. The standard InChI is InChI=1S/C15H20N2O4/c1-21-13-4-2-11(3-5-13)6-7-17-9-12(8-15(17)20)16-14(19)10-18/h2-5,12,18H,6-10H2,1H3,(H,16,19). The summed E-state index contributed by atoms with van der Waals surface area (Å²) < 4.78 is 5.10. The fraction of sp³-hybridized carbons (Fsp3) is 0.467. The van der Waals surface area contributed by atoms with Gasteiger partial charge in [-0.15, -0.1) is 0 Å². The number of rotatable bonds is 6. The number of nitrogens with one attached hydrogen (secondary N) is 1. The molecule has 1 atom stereocenters. The number of nitrogens with zero attached hydrogens (tertiary/aromatic N) is 1. The third-order valence-electron chi connectivity index (χ3n) is 3.55. The second-order valence-corrected chi connectivity index (χ2v) is 5.06. The number of amides is 2. The number of hydrogen-bond acceptors (Lipinski definition) is 4. The van der Waals surface area contributed by atoms with Crippen molar-refractivity contribution in [3.63, 3.8) is 0 Å². The molecule has 2 N–H and O–H groups in total. The highest BCUT2D eigenvalue weighted by atomic mass is 16.5. The van der Waals surface area contributed by atoms with Gasteiger partial charge in [-0.2, -0.15) is 0 Å². The molecular weight excluding hydrogens is 272 g/mol. The predicted octanol–water partition coefficient (Wildman–Crippen LogP) is -0.0529. The van der Waals surface area contributed by atoms with Crippen molar-refractivity contribution in [1.29, 1.82) is 0 Å². The van der Waals surface area contributed by atoms with Crippen LogP contribution in [0.2, 0.25) is 0 Å². The van der Waals surface area contributed by atoms with E-state index in [-0.39, 0.29) is 11.9 Å². The Balaban J connectivity index is 1.82. The number of hydrogen-bond donors (Lipinski definition) is 2. The highest BCUT2D eigenvalue weighted by Crippen LogP contribution is 2.15. The Labute approximate surface area is 123 Å². The minimum absolute atomic E-state index is 0.0340. The summed E-state index contributed by atoms with van der Waals surface area (Å²) in [6, 6.07) is 7.54. The van der Waals surface area contributed by atoms with E-state index in [1.165, 1.54) is 0 Å². The summed E-state index contributed by atoms with van der Waals surface area (Å²) in [5.41, 5.74) is 1.13. The van der Waals surface area contributed by atoms with Crippen molar-refractivity contribution in [3.05, 3.63) is 29.8 Å². The van der Waals surface area contributed by atoms with Gasteiger partial charge >= 0.3 is 0 Å². The van der Waals surface area contributed by atoms with Crippen molar-refractivity contribution in [3.8, 4) is 5.75 Å². The number of carbonyl (C=O) groups is 2. The molecule has 21 heavy (non-hydrogen) atoms. The Morgan fingerprint density at radius 2 is 2.14 bits per heavy atom. The molecule has 0 bridgehead atoms. The minimum Gasteiger partial charge on any atom is -0.497 e. The first-order valence-corrected chi connectivity index (χ1v) is 6.93. The van der Waals surface area contributed by atoms with Gasteiger partial charge in [0.05, 0.1) is 13.2 Å². The van der Waals surface area contributed by atoms with Crippen LogP contribution in [-0.2, 0) is 16.0 Å². The van der Waals surface area contributed by atoms with Crippen LogP contribution in [0.25, 0.3) is 0 Å². The smallest absolute Gasteiger partial charge is 0.245 e. The van der Waals surface area contributed by atoms with Gasteiger partial charge in [0.25, 0.3) is 0 Å². The lowest BCUT2D eigenvalue weighted by Gasteiger charge is -2.17. The number of likely N-dealkylation sites (tertiary alicyclic amines) is 1. The first-order valence-electron chi connectivity index (χ1n) is 6.93. The number of carbonyl (C=O) groups excluding carboxylic acids is 2. The van der Waals surface area contributed by atoms with Crippen LogP contribution < -0.4 is 10.1 Å². The lowest BCUT2D eigenvalue weighted by Crippen LogP contribution is -2.38. The Morgan fingerprint density at radius 1 is 1.43 bits per heavy atom. The fourth-order valence-corrected chi connectivity index (χ4v) is 2.41. The van der Waals surface area contributed by atoms with Gasteiger partial charge in [0.2, 0.25) is 11.8 Å². The zero-order valence-electron chi connectivity index (χ0n) is 12.0. The number of aliphatic hydroxyl groups is 1. The first-order chi connectivity index (χ1) is 10.1. The maximum Gasteiger partial charge on any atom is 0.245 e. The average molecular weight is 292 g/mol. The number of aliphatic hydroxyl groups excluding tert-OH is 1. The van der Waals surface area contributed by atoms with E-state index in [0.29, 0.717) is 19.5 Å². The summed E-state index contributed by atoms with van der Waals surface area (Å²) in [5.74, 6) is 0.402. The molecular formula is C15H20N2O4. The molecule has 1 unspecified atom stereocenters. The van der Waals surface area contributed by atoms with Gasteiger partial charge in [-0.25, -0.2) is 0 Å². The molecule has 6 nitrogen and oxygen atoms in total. The van der Waals surface area contributed by atoms with Crippen molar-refractivity contribution >= 4 is 11.8 Å². The number of benzene rings is 1. The molecule has 1 aromatic carbocycles. The van der Waals surface area contributed by atoms with Crippen LogP contribution in [0.4, 0.5) is 0 Å². The molecule has 1 aliphatic rings. The van der Waals surface area contributed by atoms with Crippen LogP contribution in [-0.4, -0.2) is 54.7 Å². The maximum absolute atomic E-state index is 11.9. The molecule has 0 radical (unpaired) electrons. The molecule has 6 heteroatoms. The Morgan fingerprint density at radius 3 is 2.76 bits per heavy atom. The van der Waals surface area contributed by atoms with Gasteiger partial charge in [-0.1, -0.05) is 12.1 Å². The molecule has 0 aromatic heterocycles. The molecule has 114 valence electrons. The zero-order chi connectivity index (χ0) is 15.2. The number of ether oxygens (including phenoxy) is 1. The van der Waals surface area contributed by atoms with Crippen LogP contribution in [0.15, 0.2) is 24.3 Å². The predicted molar refractivity (Wildman–Crippen MR) is 76.9 cm³/mol. The van der Waals surface area contributed by atoms with E-state index < -0.39 is 12.5 Å². The topological polar surface area (TPSA) is 78.9 Å². The van der Waals surface area contributed by atoms with Gasteiger partial charge in [0.15, 0.2) is 0 Å². The normalized spacial score (nSPS) is 17.9.